The summed E-state index contributed by atoms with van der Waals surface area (Å²) in [5, 5.41) is 0.855. The van der Waals surface area contributed by atoms with Crippen LogP contribution < -0.4 is 5.73 Å². The van der Waals surface area contributed by atoms with Gasteiger partial charge in [0.15, 0.2) is 0 Å². The van der Waals surface area contributed by atoms with Crippen LogP contribution in [0.25, 0.3) is 10.2 Å². The predicted molar refractivity (Wildman–Crippen MR) is 84.6 cm³/mol. The first-order valence-corrected chi connectivity index (χ1v) is 7.98. The van der Waals surface area contributed by atoms with Crippen LogP contribution in [0.3, 0.4) is 0 Å². The summed E-state index contributed by atoms with van der Waals surface area (Å²) in [6, 6.07) is 3.73. The lowest BCUT2D eigenvalue weighted by Gasteiger charge is -2.27. The molecule has 6 heteroatoms. The van der Waals surface area contributed by atoms with E-state index in [4.69, 9.17) is 10.5 Å². The van der Waals surface area contributed by atoms with Gasteiger partial charge in [-0.15, -0.1) is 11.3 Å². The molecule has 1 saturated heterocycles. The molecule has 0 spiro atoms. The first kappa shape index (κ1) is 14.3. The van der Waals surface area contributed by atoms with E-state index in [1.165, 1.54) is 17.8 Å². The van der Waals surface area contributed by atoms with Crippen molar-refractivity contribution < 1.29 is 9.53 Å². The number of pyridine rings is 1. The average molecular weight is 305 g/mol. The van der Waals surface area contributed by atoms with E-state index in [2.05, 4.69) is 4.98 Å². The number of hydrogen-bond donors (Lipinski definition) is 1. The van der Waals surface area contributed by atoms with E-state index in [9.17, 15) is 4.79 Å². The number of likely N-dealkylation sites (N-methyl/N-ethyl adjacent to an activating group) is 1. The molecule has 1 fully saturated rings. The lowest BCUT2D eigenvalue weighted by Crippen LogP contribution is -2.37. The number of anilines is 1. The Bertz CT molecular complexity index is 649. The highest BCUT2D eigenvalue weighted by Gasteiger charge is 2.23. The SMILES string of the molecule is CN(CC1CCCCO1)C(=O)c1sc2ncccc2c1N. The molecule has 1 aliphatic heterocycles. The highest BCUT2D eigenvalue weighted by molar-refractivity contribution is 7.21. The molecule has 21 heavy (non-hydrogen) atoms. The second-order valence-electron chi connectivity index (χ2n) is 5.38. The van der Waals surface area contributed by atoms with Crippen LogP contribution in [0.5, 0.6) is 0 Å². The number of nitrogens with two attached hydrogens (primary N) is 1. The minimum absolute atomic E-state index is 0.0512. The summed E-state index contributed by atoms with van der Waals surface area (Å²) >= 11 is 1.35. The fraction of sp³-hybridized carbons (Fsp3) is 0.467. The van der Waals surface area contributed by atoms with Gasteiger partial charge in [0.1, 0.15) is 9.71 Å². The first-order chi connectivity index (χ1) is 10.2. The third-order valence-corrected chi connectivity index (χ3v) is 4.91. The van der Waals surface area contributed by atoms with E-state index >= 15 is 0 Å². The van der Waals surface area contributed by atoms with Crippen LogP contribution in [0, 0.1) is 0 Å². The van der Waals surface area contributed by atoms with Crippen molar-refractivity contribution in [3.63, 3.8) is 0 Å². The summed E-state index contributed by atoms with van der Waals surface area (Å²) < 4.78 is 5.69. The maximum Gasteiger partial charge on any atom is 0.265 e. The van der Waals surface area contributed by atoms with E-state index in [1.54, 1.807) is 18.1 Å². The minimum atomic E-state index is -0.0512. The smallest absolute Gasteiger partial charge is 0.265 e. The Morgan fingerprint density at radius 3 is 3.14 bits per heavy atom. The number of rotatable bonds is 3. The van der Waals surface area contributed by atoms with Crippen LogP contribution in [0.1, 0.15) is 28.9 Å². The van der Waals surface area contributed by atoms with Gasteiger partial charge in [-0.3, -0.25) is 4.79 Å². The van der Waals surface area contributed by atoms with Crippen LogP contribution >= 0.6 is 11.3 Å². The number of hydrogen-bond acceptors (Lipinski definition) is 5. The Morgan fingerprint density at radius 2 is 2.43 bits per heavy atom. The van der Waals surface area contributed by atoms with Gasteiger partial charge in [-0.2, -0.15) is 0 Å². The molecule has 1 atom stereocenters. The zero-order valence-electron chi connectivity index (χ0n) is 12.0. The van der Waals surface area contributed by atoms with Crippen LogP contribution in [0.15, 0.2) is 18.3 Å². The first-order valence-electron chi connectivity index (χ1n) is 7.17. The fourth-order valence-electron chi connectivity index (χ4n) is 2.62. The Kier molecular flexibility index (Phi) is 4.07. The van der Waals surface area contributed by atoms with E-state index < -0.39 is 0 Å². The minimum Gasteiger partial charge on any atom is -0.397 e. The van der Waals surface area contributed by atoms with Crippen molar-refractivity contribution in [1.29, 1.82) is 0 Å². The summed E-state index contributed by atoms with van der Waals surface area (Å²) in [5.41, 5.74) is 6.63. The van der Waals surface area contributed by atoms with Crippen molar-refractivity contribution in [2.45, 2.75) is 25.4 Å². The maximum atomic E-state index is 12.6. The molecular weight excluding hydrogens is 286 g/mol. The number of nitrogens with zero attached hydrogens (tertiary/aromatic N) is 2. The molecule has 112 valence electrons. The molecule has 2 aromatic heterocycles. The van der Waals surface area contributed by atoms with Crippen molar-refractivity contribution in [2.24, 2.45) is 0 Å². The highest BCUT2D eigenvalue weighted by Crippen LogP contribution is 2.32. The van der Waals surface area contributed by atoms with E-state index in [-0.39, 0.29) is 12.0 Å². The number of carbonyl (C=O) groups excluding carboxylic acids is 1. The van der Waals surface area contributed by atoms with Crippen molar-refractivity contribution in [1.82, 2.24) is 9.88 Å². The van der Waals surface area contributed by atoms with Gasteiger partial charge in [0, 0.05) is 31.8 Å². The lowest BCUT2D eigenvalue weighted by molar-refractivity contribution is -0.0000829. The molecule has 3 rings (SSSR count). The zero-order chi connectivity index (χ0) is 14.8. The van der Waals surface area contributed by atoms with Crippen LogP contribution in [-0.4, -0.2) is 42.1 Å². The number of aromatic nitrogens is 1. The molecule has 1 unspecified atom stereocenters. The third kappa shape index (κ3) is 2.87. The Balaban J connectivity index is 1.77. The molecule has 0 aromatic carbocycles. The Hall–Kier alpha value is -1.66. The number of ether oxygens (including phenoxy) is 1. The normalized spacial score (nSPS) is 18.8. The number of nitrogen functional groups attached to an aromatic ring is 1. The Labute approximate surface area is 127 Å². The van der Waals surface area contributed by atoms with Crippen LogP contribution in [0.4, 0.5) is 5.69 Å². The molecule has 2 N–H and O–H groups in total. The molecular formula is C15H19N3O2S. The summed E-state index contributed by atoms with van der Waals surface area (Å²) in [6.07, 6.45) is 5.15. The van der Waals surface area contributed by atoms with Gasteiger partial charge in [0.2, 0.25) is 0 Å². The highest BCUT2D eigenvalue weighted by atomic mass is 32.1. The number of carbonyl (C=O) groups is 1. The second-order valence-corrected chi connectivity index (χ2v) is 6.37. The second kappa shape index (κ2) is 5.99. The molecule has 3 heterocycles. The summed E-state index contributed by atoms with van der Waals surface area (Å²) in [6.45, 7) is 1.40. The molecule has 0 radical (unpaired) electrons. The molecule has 1 amide bonds. The van der Waals surface area contributed by atoms with Gasteiger partial charge in [-0.1, -0.05) is 0 Å². The lowest BCUT2D eigenvalue weighted by atomic mass is 10.1. The van der Waals surface area contributed by atoms with E-state index in [1.807, 2.05) is 12.1 Å². The Morgan fingerprint density at radius 1 is 1.57 bits per heavy atom. The van der Waals surface area contributed by atoms with Gasteiger partial charge in [-0.25, -0.2) is 4.98 Å². The molecule has 5 nitrogen and oxygen atoms in total. The quantitative estimate of drug-likeness (QED) is 0.946. The van der Waals surface area contributed by atoms with Crippen LogP contribution in [-0.2, 0) is 4.74 Å². The predicted octanol–water partition coefficient (Wildman–Crippen LogP) is 2.52. The fourth-order valence-corrected chi connectivity index (χ4v) is 3.68. The van der Waals surface area contributed by atoms with Gasteiger partial charge in [-0.05, 0) is 31.4 Å². The summed E-state index contributed by atoms with van der Waals surface area (Å²) in [4.78, 5) is 19.9. The number of amides is 1. The van der Waals surface area contributed by atoms with E-state index in [0.717, 1.165) is 29.7 Å². The number of thiophene rings is 1. The van der Waals surface area contributed by atoms with Crippen molar-refractivity contribution >= 4 is 33.1 Å². The topological polar surface area (TPSA) is 68.5 Å². The third-order valence-electron chi connectivity index (χ3n) is 3.80. The van der Waals surface area contributed by atoms with Gasteiger partial charge in [0.05, 0.1) is 11.8 Å². The van der Waals surface area contributed by atoms with Gasteiger partial charge >= 0.3 is 0 Å². The monoisotopic (exact) mass is 305 g/mol. The molecule has 0 bridgehead atoms. The summed E-state index contributed by atoms with van der Waals surface area (Å²) in [5.74, 6) is -0.0512. The van der Waals surface area contributed by atoms with Gasteiger partial charge < -0.3 is 15.4 Å². The largest absolute Gasteiger partial charge is 0.397 e. The zero-order valence-corrected chi connectivity index (χ0v) is 12.9. The molecule has 0 saturated carbocycles. The van der Waals surface area contributed by atoms with E-state index in [0.29, 0.717) is 17.1 Å². The average Bonchev–Trinajstić information content (AvgIpc) is 2.85. The van der Waals surface area contributed by atoms with Gasteiger partial charge in [0.25, 0.3) is 5.91 Å². The van der Waals surface area contributed by atoms with Crippen molar-refractivity contribution in [3.8, 4) is 0 Å². The summed E-state index contributed by atoms with van der Waals surface area (Å²) in [7, 11) is 1.80. The van der Waals surface area contributed by atoms with Crippen LogP contribution in [0.2, 0.25) is 0 Å². The molecule has 0 aliphatic carbocycles. The van der Waals surface area contributed by atoms with Crippen molar-refractivity contribution in [3.05, 3.63) is 23.2 Å². The maximum absolute atomic E-state index is 12.6. The number of fused-ring (bicyclic) bond motifs is 1. The van der Waals surface area contributed by atoms with Crippen molar-refractivity contribution in [2.75, 3.05) is 25.9 Å². The standard InChI is InChI=1S/C15H19N3O2S/c1-18(9-10-5-2-3-8-20-10)15(19)13-12(16)11-6-4-7-17-14(11)21-13/h4,6-7,10H,2-3,5,8-9,16H2,1H3. The molecule has 2 aromatic rings. The molecule has 1 aliphatic rings.